The highest BCUT2D eigenvalue weighted by atomic mass is 35.5. The zero-order valence-electron chi connectivity index (χ0n) is 14.6. The molecule has 0 aliphatic carbocycles. The topological polar surface area (TPSA) is 35.6 Å². The quantitative estimate of drug-likeness (QED) is 0.808. The number of hydrogen-bond donors (Lipinski definition) is 1. The summed E-state index contributed by atoms with van der Waals surface area (Å²) < 4.78 is 53.5. The number of halogens is 4. The lowest BCUT2D eigenvalue weighted by atomic mass is 10.1. The van der Waals surface area contributed by atoms with Gasteiger partial charge in [-0.1, -0.05) is 11.6 Å². The minimum absolute atomic E-state index is 0.0513. The average Bonchev–Trinajstić information content (AvgIpc) is 2.66. The highest BCUT2D eigenvalue weighted by Crippen LogP contribution is 2.34. The third kappa shape index (κ3) is 4.75. The van der Waals surface area contributed by atoms with E-state index in [4.69, 9.17) is 11.6 Å². The summed E-state index contributed by atoms with van der Waals surface area (Å²) in [4.78, 5) is 2.53. The van der Waals surface area contributed by atoms with Crippen molar-refractivity contribution in [2.75, 3.05) is 43.4 Å². The zero-order valence-corrected chi connectivity index (χ0v) is 16.2. The molecule has 0 amide bonds. The number of nitrogens with one attached hydrogen (secondary N) is 1. The van der Waals surface area contributed by atoms with Gasteiger partial charge in [0.2, 0.25) is 0 Å². The summed E-state index contributed by atoms with van der Waals surface area (Å²) >= 11 is 5.87. The number of alkyl halides is 3. The first kappa shape index (κ1) is 20.0. The Morgan fingerprint density at radius 2 is 1.67 bits per heavy atom. The van der Waals surface area contributed by atoms with Crippen LogP contribution in [-0.2, 0) is 17.2 Å². The van der Waals surface area contributed by atoms with Gasteiger partial charge in [0.15, 0.2) is 0 Å². The minimum Gasteiger partial charge on any atom is -0.388 e. The van der Waals surface area contributed by atoms with Crippen molar-refractivity contribution in [3.8, 4) is 0 Å². The van der Waals surface area contributed by atoms with Crippen LogP contribution in [0.15, 0.2) is 47.4 Å². The van der Waals surface area contributed by atoms with Gasteiger partial charge in [0.25, 0.3) is 0 Å². The molecule has 1 saturated heterocycles. The third-order valence-corrected chi connectivity index (χ3v) is 6.12. The summed E-state index contributed by atoms with van der Waals surface area (Å²) in [5, 5.41) is 3.06. The Bertz CT molecular complexity index is 822. The van der Waals surface area contributed by atoms with Crippen LogP contribution < -0.4 is 10.2 Å². The Morgan fingerprint density at radius 1 is 1.04 bits per heavy atom. The molecule has 3 rings (SSSR count). The van der Waals surface area contributed by atoms with Crippen LogP contribution >= 0.6 is 11.6 Å². The molecule has 0 saturated carbocycles. The van der Waals surface area contributed by atoms with Crippen molar-refractivity contribution in [2.45, 2.75) is 11.1 Å². The van der Waals surface area contributed by atoms with Crippen LogP contribution in [0.4, 0.5) is 24.5 Å². The van der Waals surface area contributed by atoms with E-state index < -0.39 is 22.7 Å². The van der Waals surface area contributed by atoms with Gasteiger partial charge in [-0.05, 0) is 42.5 Å². The van der Waals surface area contributed by atoms with Gasteiger partial charge in [-0.15, -0.1) is 0 Å². The van der Waals surface area contributed by atoms with Gasteiger partial charge >= 0.3 is 6.18 Å². The van der Waals surface area contributed by atoms with E-state index >= 15 is 0 Å². The molecule has 0 aromatic heterocycles. The van der Waals surface area contributed by atoms with Crippen LogP contribution in [0.3, 0.4) is 0 Å². The predicted octanol–water partition coefficient (Wildman–Crippen LogP) is 4.25. The number of hydrogen-bond acceptors (Lipinski definition) is 3. The Labute approximate surface area is 163 Å². The maximum atomic E-state index is 13.0. The molecular formula is C18H19ClF3N3OS. The molecule has 146 valence electrons. The maximum Gasteiger partial charge on any atom is 0.416 e. The van der Waals surface area contributed by atoms with E-state index in [1.54, 1.807) is 12.1 Å². The van der Waals surface area contributed by atoms with E-state index in [2.05, 4.69) is 5.32 Å². The van der Waals surface area contributed by atoms with Crippen molar-refractivity contribution in [1.29, 1.82) is 0 Å². The SMILES string of the molecule is CNc1ccc(S(=O)N2CCN(c3cc(Cl)cc(C(F)(F)F)c3)CC2)cc1. The first-order chi connectivity index (χ1) is 12.8. The summed E-state index contributed by atoms with van der Waals surface area (Å²) in [6.07, 6.45) is -4.44. The van der Waals surface area contributed by atoms with Crippen molar-refractivity contribution in [3.63, 3.8) is 0 Å². The summed E-state index contributed by atoms with van der Waals surface area (Å²) in [5.74, 6) is 0. The number of anilines is 2. The zero-order chi connectivity index (χ0) is 19.6. The Balaban J connectivity index is 1.68. The third-order valence-electron chi connectivity index (χ3n) is 4.39. The molecule has 2 aromatic rings. The molecule has 2 aromatic carbocycles. The van der Waals surface area contributed by atoms with Crippen LogP contribution in [0.1, 0.15) is 5.56 Å². The summed E-state index contributed by atoms with van der Waals surface area (Å²) in [6, 6.07) is 10.9. The van der Waals surface area contributed by atoms with Gasteiger partial charge in [0.1, 0.15) is 11.0 Å². The standard InChI is InChI=1S/C18H19ClF3N3OS/c1-23-15-2-4-17(5-3-15)27(26)25-8-6-24(7-9-25)16-11-13(18(20,21)22)10-14(19)12-16/h2-5,10-12,23H,6-9H2,1H3. The van der Waals surface area contributed by atoms with Gasteiger partial charge in [0.05, 0.1) is 10.5 Å². The van der Waals surface area contributed by atoms with E-state index in [0.29, 0.717) is 36.8 Å². The van der Waals surface area contributed by atoms with Gasteiger partial charge < -0.3 is 10.2 Å². The van der Waals surface area contributed by atoms with Crippen LogP contribution in [0, 0.1) is 0 Å². The van der Waals surface area contributed by atoms with Gasteiger partial charge in [0, 0.05) is 49.6 Å². The van der Waals surface area contributed by atoms with E-state index in [9.17, 15) is 17.4 Å². The van der Waals surface area contributed by atoms with E-state index in [1.165, 1.54) is 6.07 Å². The normalized spacial score (nSPS) is 17.0. The van der Waals surface area contributed by atoms with E-state index in [0.717, 1.165) is 17.8 Å². The van der Waals surface area contributed by atoms with Gasteiger partial charge in [-0.2, -0.15) is 13.2 Å². The van der Waals surface area contributed by atoms with Crippen LogP contribution in [0.5, 0.6) is 0 Å². The number of piperazine rings is 1. The lowest BCUT2D eigenvalue weighted by Gasteiger charge is -2.35. The highest BCUT2D eigenvalue weighted by Gasteiger charge is 2.32. The molecule has 1 heterocycles. The molecule has 4 nitrogen and oxygen atoms in total. The molecule has 0 bridgehead atoms. The van der Waals surface area contributed by atoms with E-state index in [1.807, 2.05) is 28.4 Å². The van der Waals surface area contributed by atoms with Gasteiger partial charge in [-0.25, -0.2) is 8.51 Å². The highest BCUT2D eigenvalue weighted by molar-refractivity contribution is 7.82. The Kier molecular flexibility index (Phi) is 5.98. The first-order valence-corrected chi connectivity index (χ1v) is 9.84. The van der Waals surface area contributed by atoms with Crippen LogP contribution in [0.2, 0.25) is 5.02 Å². The first-order valence-electron chi connectivity index (χ1n) is 8.35. The second-order valence-corrected chi connectivity index (χ2v) is 8.06. The predicted molar refractivity (Wildman–Crippen MR) is 103 cm³/mol. The fraction of sp³-hybridized carbons (Fsp3) is 0.333. The summed E-state index contributed by atoms with van der Waals surface area (Å²) in [6.45, 7) is 1.90. The molecule has 9 heteroatoms. The second-order valence-electron chi connectivity index (χ2n) is 6.14. The minimum atomic E-state index is -4.44. The number of benzene rings is 2. The fourth-order valence-electron chi connectivity index (χ4n) is 2.92. The van der Waals surface area contributed by atoms with Crippen molar-refractivity contribution in [3.05, 3.63) is 53.1 Å². The molecule has 1 N–H and O–H groups in total. The molecule has 1 aliphatic heterocycles. The largest absolute Gasteiger partial charge is 0.416 e. The molecular weight excluding hydrogens is 399 g/mol. The summed E-state index contributed by atoms with van der Waals surface area (Å²) in [7, 11) is 0.509. The number of rotatable bonds is 4. The molecule has 1 fully saturated rings. The van der Waals surface area contributed by atoms with Crippen molar-refractivity contribution >= 4 is 34.0 Å². The molecule has 1 aliphatic rings. The smallest absolute Gasteiger partial charge is 0.388 e. The summed E-state index contributed by atoms with van der Waals surface area (Å²) in [5.41, 5.74) is 0.598. The van der Waals surface area contributed by atoms with Gasteiger partial charge in [-0.3, -0.25) is 0 Å². The lowest BCUT2D eigenvalue weighted by molar-refractivity contribution is -0.137. The van der Waals surface area contributed by atoms with E-state index in [-0.39, 0.29) is 5.02 Å². The second kappa shape index (κ2) is 8.08. The van der Waals surface area contributed by atoms with Crippen LogP contribution in [-0.4, -0.2) is 41.7 Å². The molecule has 1 atom stereocenters. The van der Waals surface area contributed by atoms with Crippen molar-refractivity contribution < 1.29 is 17.4 Å². The van der Waals surface area contributed by atoms with Crippen LogP contribution in [0.25, 0.3) is 0 Å². The van der Waals surface area contributed by atoms with Crippen molar-refractivity contribution in [1.82, 2.24) is 4.31 Å². The Hall–Kier alpha value is -1.77. The fourth-order valence-corrected chi connectivity index (χ4v) is 4.31. The molecule has 0 radical (unpaired) electrons. The Morgan fingerprint density at radius 3 is 2.22 bits per heavy atom. The molecule has 1 unspecified atom stereocenters. The molecule has 0 spiro atoms. The lowest BCUT2D eigenvalue weighted by Crippen LogP contribution is -2.47. The maximum absolute atomic E-state index is 13.0. The number of nitrogens with zero attached hydrogens (tertiary/aromatic N) is 2. The monoisotopic (exact) mass is 417 g/mol. The molecule has 27 heavy (non-hydrogen) atoms. The average molecular weight is 418 g/mol. The van der Waals surface area contributed by atoms with Crippen molar-refractivity contribution in [2.24, 2.45) is 0 Å².